The van der Waals surface area contributed by atoms with Gasteiger partial charge in [0.1, 0.15) is 0 Å². The third-order valence-electron chi connectivity index (χ3n) is 1.40. The highest BCUT2D eigenvalue weighted by Gasteiger charge is 2.22. The maximum absolute atomic E-state index is 10.7. The predicted molar refractivity (Wildman–Crippen MR) is 43.0 cm³/mol. The largest absolute Gasteiger partial charge is 0.390 e. The summed E-state index contributed by atoms with van der Waals surface area (Å²) in [5.41, 5.74) is 4.18. The molecular weight excluding hydrogens is 144 g/mol. The molecule has 0 unspecified atom stereocenters. The highest BCUT2D eigenvalue weighted by Crippen LogP contribution is 2.09. The molecule has 0 rings (SSSR count). The molecule has 0 radical (unpaired) electrons. The third-order valence-corrected chi connectivity index (χ3v) is 1.40. The van der Waals surface area contributed by atoms with E-state index < -0.39 is 17.6 Å². The molecule has 4 N–H and O–H groups in total. The van der Waals surface area contributed by atoms with Gasteiger partial charge in [-0.05, 0) is 27.3 Å². The first kappa shape index (κ1) is 10.4. The Bertz CT molecular complexity index is 140. The molecule has 0 fully saturated rings. The molecule has 11 heavy (non-hydrogen) atoms. The zero-order chi connectivity index (χ0) is 9.07. The van der Waals surface area contributed by atoms with E-state index in [-0.39, 0.29) is 0 Å². The van der Waals surface area contributed by atoms with Crippen LogP contribution in [0.1, 0.15) is 20.3 Å². The second kappa shape index (κ2) is 3.69. The van der Waals surface area contributed by atoms with Gasteiger partial charge in [0.15, 0.2) is 0 Å². The molecule has 4 nitrogen and oxygen atoms in total. The summed E-state index contributed by atoms with van der Waals surface area (Å²) in [6.07, 6.45) is 0.332. The molecule has 0 aliphatic heterocycles. The standard InChI is InChI=1S/C7H16N2O2/c1-7(2,11)4-5(9-3)6(8)10/h5,9,11H,4H2,1-3H3,(H2,8,10)/t5-/m0/s1. The first-order chi connectivity index (χ1) is 4.87. The van der Waals surface area contributed by atoms with Crippen molar-refractivity contribution in [1.29, 1.82) is 0 Å². The van der Waals surface area contributed by atoms with Crippen LogP contribution in [-0.2, 0) is 4.79 Å². The van der Waals surface area contributed by atoms with Crippen LogP contribution in [0.2, 0.25) is 0 Å². The van der Waals surface area contributed by atoms with E-state index in [0.29, 0.717) is 6.42 Å². The van der Waals surface area contributed by atoms with E-state index in [9.17, 15) is 9.90 Å². The van der Waals surface area contributed by atoms with Gasteiger partial charge in [0, 0.05) is 0 Å². The van der Waals surface area contributed by atoms with Crippen molar-refractivity contribution < 1.29 is 9.90 Å². The first-order valence-corrected chi connectivity index (χ1v) is 3.56. The molecule has 0 bridgehead atoms. The van der Waals surface area contributed by atoms with Crippen LogP contribution in [0.5, 0.6) is 0 Å². The van der Waals surface area contributed by atoms with Gasteiger partial charge in [0.25, 0.3) is 0 Å². The summed E-state index contributed by atoms with van der Waals surface area (Å²) in [6, 6.07) is -0.449. The molecule has 66 valence electrons. The van der Waals surface area contributed by atoms with Crippen molar-refractivity contribution in [2.24, 2.45) is 5.73 Å². The summed E-state index contributed by atoms with van der Waals surface area (Å²) in [5, 5.41) is 12.0. The van der Waals surface area contributed by atoms with Gasteiger partial charge in [0.05, 0.1) is 11.6 Å². The van der Waals surface area contributed by atoms with Crippen LogP contribution < -0.4 is 11.1 Å². The number of nitrogens with two attached hydrogens (primary N) is 1. The van der Waals surface area contributed by atoms with Crippen molar-refractivity contribution in [3.05, 3.63) is 0 Å². The topological polar surface area (TPSA) is 75.3 Å². The van der Waals surface area contributed by atoms with Crippen molar-refractivity contribution in [3.8, 4) is 0 Å². The Morgan fingerprint density at radius 3 is 2.27 bits per heavy atom. The number of carbonyl (C=O) groups is 1. The first-order valence-electron chi connectivity index (χ1n) is 3.56. The van der Waals surface area contributed by atoms with Crippen LogP contribution in [0.4, 0.5) is 0 Å². The van der Waals surface area contributed by atoms with Crippen LogP contribution in [-0.4, -0.2) is 29.7 Å². The lowest BCUT2D eigenvalue weighted by atomic mass is 9.99. The Morgan fingerprint density at radius 2 is 2.18 bits per heavy atom. The van der Waals surface area contributed by atoms with E-state index in [0.717, 1.165) is 0 Å². The van der Waals surface area contributed by atoms with Crippen molar-refractivity contribution >= 4 is 5.91 Å². The van der Waals surface area contributed by atoms with Crippen molar-refractivity contribution in [2.75, 3.05) is 7.05 Å². The molecule has 0 saturated carbocycles. The number of carbonyl (C=O) groups excluding carboxylic acids is 1. The van der Waals surface area contributed by atoms with E-state index in [1.165, 1.54) is 0 Å². The molecule has 0 aliphatic rings. The third kappa shape index (κ3) is 4.75. The Morgan fingerprint density at radius 1 is 1.73 bits per heavy atom. The molecule has 0 saturated heterocycles. The monoisotopic (exact) mass is 160 g/mol. The minimum Gasteiger partial charge on any atom is -0.390 e. The fourth-order valence-electron chi connectivity index (χ4n) is 0.844. The van der Waals surface area contributed by atoms with E-state index >= 15 is 0 Å². The minimum atomic E-state index is -0.858. The average molecular weight is 160 g/mol. The van der Waals surface area contributed by atoms with E-state index in [1.807, 2.05) is 0 Å². The van der Waals surface area contributed by atoms with Crippen molar-refractivity contribution in [3.63, 3.8) is 0 Å². The lowest BCUT2D eigenvalue weighted by Gasteiger charge is -2.22. The van der Waals surface area contributed by atoms with Crippen LogP contribution in [0.25, 0.3) is 0 Å². The highest BCUT2D eigenvalue weighted by molar-refractivity contribution is 5.79. The number of likely N-dealkylation sites (N-methyl/N-ethyl adjacent to an activating group) is 1. The number of nitrogens with one attached hydrogen (secondary N) is 1. The van der Waals surface area contributed by atoms with Gasteiger partial charge in [-0.2, -0.15) is 0 Å². The predicted octanol–water partition coefficient (Wildman–Crippen LogP) is -0.779. The van der Waals surface area contributed by atoms with E-state index in [4.69, 9.17) is 5.73 Å². The van der Waals surface area contributed by atoms with Gasteiger partial charge in [-0.3, -0.25) is 4.79 Å². The van der Waals surface area contributed by atoms with Crippen LogP contribution in [0.3, 0.4) is 0 Å². The van der Waals surface area contributed by atoms with Gasteiger partial charge in [0.2, 0.25) is 5.91 Å². The van der Waals surface area contributed by atoms with Gasteiger partial charge in [-0.15, -0.1) is 0 Å². The van der Waals surface area contributed by atoms with Gasteiger partial charge in [-0.25, -0.2) is 0 Å². The molecule has 0 heterocycles. The van der Waals surface area contributed by atoms with Crippen LogP contribution in [0.15, 0.2) is 0 Å². The second-order valence-corrected chi connectivity index (χ2v) is 3.26. The van der Waals surface area contributed by atoms with E-state index in [1.54, 1.807) is 20.9 Å². The molecule has 1 atom stereocenters. The van der Waals surface area contributed by atoms with Crippen LogP contribution >= 0.6 is 0 Å². The summed E-state index contributed by atoms with van der Waals surface area (Å²) in [6.45, 7) is 3.28. The number of primary amides is 1. The molecule has 0 aliphatic carbocycles. The normalized spacial score (nSPS) is 14.5. The minimum absolute atomic E-state index is 0.332. The number of rotatable bonds is 4. The summed E-state index contributed by atoms with van der Waals surface area (Å²) >= 11 is 0. The number of aliphatic hydroxyl groups is 1. The summed E-state index contributed by atoms with van der Waals surface area (Å²) in [4.78, 5) is 10.7. The Hall–Kier alpha value is -0.610. The Labute approximate surface area is 66.8 Å². The smallest absolute Gasteiger partial charge is 0.234 e. The fourth-order valence-corrected chi connectivity index (χ4v) is 0.844. The lowest BCUT2D eigenvalue weighted by molar-refractivity contribution is -0.121. The lowest BCUT2D eigenvalue weighted by Crippen LogP contribution is -2.43. The molecule has 0 aromatic carbocycles. The van der Waals surface area contributed by atoms with Gasteiger partial charge in [-0.1, -0.05) is 0 Å². The molecule has 4 heteroatoms. The van der Waals surface area contributed by atoms with Crippen molar-refractivity contribution in [2.45, 2.75) is 31.9 Å². The molecular formula is C7H16N2O2. The average Bonchev–Trinajstić information content (AvgIpc) is 1.80. The zero-order valence-corrected chi connectivity index (χ0v) is 7.22. The fraction of sp³-hybridized carbons (Fsp3) is 0.857. The molecule has 0 aromatic heterocycles. The molecule has 0 aromatic rings. The number of hydrogen-bond donors (Lipinski definition) is 3. The van der Waals surface area contributed by atoms with Gasteiger partial charge < -0.3 is 16.2 Å². The summed E-state index contributed by atoms with van der Waals surface area (Å²) < 4.78 is 0. The van der Waals surface area contributed by atoms with E-state index in [2.05, 4.69) is 5.32 Å². The summed E-state index contributed by atoms with van der Waals surface area (Å²) in [5.74, 6) is -0.436. The maximum Gasteiger partial charge on any atom is 0.234 e. The number of amides is 1. The quantitative estimate of drug-likeness (QED) is 0.505. The highest BCUT2D eigenvalue weighted by atomic mass is 16.3. The van der Waals surface area contributed by atoms with Crippen LogP contribution in [0, 0.1) is 0 Å². The molecule has 1 amide bonds. The second-order valence-electron chi connectivity index (χ2n) is 3.26. The van der Waals surface area contributed by atoms with Gasteiger partial charge >= 0.3 is 0 Å². The van der Waals surface area contributed by atoms with Crippen molar-refractivity contribution in [1.82, 2.24) is 5.32 Å². The zero-order valence-electron chi connectivity index (χ0n) is 7.22. The number of hydrogen-bond acceptors (Lipinski definition) is 3. The summed E-state index contributed by atoms with van der Waals surface area (Å²) in [7, 11) is 1.64. The SMILES string of the molecule is CN[C@@H](CC(C)(C)O)C(N)=O. The molecule has 0 spiro atoms. The Kier molecular flexibility index (Phi) is 3.48. The maximum atomic E-state index is 10.7. The Balaban J connectivity index is 3.99.